The zero-order valence-corrected chi connectivity index (χ0v) is 11.4. The Morgan fingerprint density at radius 2 is 2.00 bits per heavy atom. The lowest BCUT2D eigenvalue weighted by Crippen LogP contribution is -2.23. The van der Waals surface area contributed by atoms with Crippen molar-refractivity contribution in [1.29, 1.82) is 0 Å². The van der Waals surface area contributed by atoms with Crippen molar-refractivity contribution < 1.29 is 5.11 Å². The lowest BCUT2D eigenvalue weighted by Gasteiger charge is -2.07. The Bertz CT molecular complexity index is 841. The maximum Gasteiger partial charge on any atom is 0.331 e. The first-order chi connectivity index (χ1) is 9.59. The van der Waals surface area contributed by atoms with Crippen molar-refractivity contribution >= 4 is 10.9 Å². The minimum absolute atomic E-state index is 0.00774. The minimum Gasteiger partial charge on any atom is -0.493 e. The predicted molar refractivity (Wildman–Crippen MR) is 76.9 cm³/mol. The van der Waals surface area contributed by atoms with E-state index in [1.54, 1.807) is 24.7 Å². The summed E-state index contributed by atoms with van der Waals surface area (Å²) in [5.41, 5.74) is 2.25. The molecule has 2 heterocycles. The van der Waals surface area contributed by atoms with E-state index in [0.717, 1.165) is 16.5 Å². The second kappa shape index (κ2) is 4.52. The summed E-state index contributed by atoms with van der Waals surface area (Å²) in [6.07, 6.45) is 1.74. The van der Waals surface area contributed by atoms with E-state index in [4.69, 9.17) is 0 Å². The maximum absolute atomic E-state index is 12.1. The molecule has 1 N–H and O–H groups in total. The summed E-state index contributed by atoms with van der Waals surface area (Å²) >= 11 is 0. The summed E-state index contributed by atoms with van der Waals surface area (Å²) in [6.45, 7) is 2.15. The van der Waals surface area contributed by atoms with Gasteiger partial charge in [-0.25, -0.2) is 4.79 Å². The molecule has 102 valence electrons. The first kappa shape index (κ1) is 12.5. The number of para-hydroxylation sites is 1. The van der Waals surface area contributed by atoms with Gasteiger partial charge < -0.3 is 5.11 Å². The molecule has 0 bridgehead atoms. The predicted octanol–water partition coefficient (Wildman–Crippen LogP) is 1.80. The van der Waals surface area contributed by atoms with Gasteiger partial charge in [-0.1, -0.05) is 18.2 Å². The number of pyridine rings is 1. The molecule has 0 atom stereocenters. The molecule has 0 unspecified atom stereocenters. The SMILES string of the molecule is Cc1c(O)n(C)c(=O)n1Cc1ccnc2ccccc12. The number of hydrogen-bond donors (Lipinski definition) is 1. The molecule has 3 aromatic rings. The van der Waals surface area contributed by atoms with E-state index in [1.165, 1.54) is 4.57 Å². The number of fused-ring (bicyclic) bond motifs is 1. The second-order valence-electron chi connectivity index (χ2n) is 4.82. The summed E-state index contributed by atoms with van der Waals surface area (Å²) in [7, 11) is 1.56. The zero-order chi connectivity index (χ0) is 14.3. The average Bonchev–Trinajstić information content (AvgIpc) is 2.65. The topological polar surface area (TPSA) is 60.1 Å². The highest BCUT2D eigenvalue weighted by molar-refractivity contribution is 5.81. The molecular weight excluding hydrogens is 254 g/mol. The van der Waals surface area contributed by atoms with E-state index < -0.39 is 0 Å². The molecule has 20 heavy (non-hydrogen) atoms. The van der Waals surface area contributed by atoms with Gasteiger partial charge in [0.05, 0.1) is 17.8 Å². The summed E-state index contributed by atoms with van der Waals surface area (Å²) in [4.78, 5) is 16.4. The van der Waals surface area contributed by atoms with Crippen LogP contribution in [0.25, 0.3) is 10.9 Å². The fraction of sp³-hybridized carbons (Fsp3) is 0.200. The van der Waals surface area contributed by atoms with Crippen LogP contribution in [0.15, 0.2) is 41.3 Å². The van der Waals surface area contributed by atoms with Crippen molar-refractivity contribution in [2.75, 3.05) is 0 Å². The van der Waals surface area contributed by atoms with E-state index in [0.29, 0.717) is 12.2 Å². The Labute approximate surface area is 115 Å². The van der Waals surface area contributed by atoms with Gasteiger partial charge in [0, 0.05) is 18.6 Å². The van der Waals surface area contributed by atoms with Crippen LogP contribution in [0.5, 0.6) is 5.88 Å². The summed E-state index contributed by atoms with van der Waals surface area (Å²) in [5.74, 6) is 0.00774. The molecule has 0 aliphatic rings. The third kappa shape index (κ3) is 1.79. The van der Waals surface area contributed by atoms with Gasteiger partial charge in [0.1, 0.15) is 0 Å². The van der Waals surface area contributed by atoms with Crippen molar-refractivity contribution in [3.8, 4) is 5.88 Å². The highest BCUT2D eigenvalue weighted by atomic mass is 16.3. The molecule has 0 radical (unpaired) electrons. The summed E-state index contributed by atoms with van der Waals surface area (Å²) < 4.78 is 2.82. The van der Waals surface area contributed by atoms with E-state index in [9.17, 15) is 9.90 Å². The minimum atomic E-state index is -0.221. The van der Waals surface area contributed by atoms with Crippen molar-refractivity contribution in [2.24, 2.45) is 7.05 Å². The van der Waals surface area contributed by atoms with Gasteiger partial charge in [-0.2, -0.15) is 0 Å². The van der Waals surface area contributed by atoms with Gasteiger partial charge in [-0.3, -0.25) is 14.1 Å². The molecule has 0 aliphatic heterocycles. The van der Waals surface area contributed by atoms with E-state index >= 15 is 0 Å². The van der Waals surface area contributed by atoms with Crippen molar-refractivity contribution in [3.05, 3.63) is 58.3 Å². The smallest absolute Gasteiger partial charge is 0.331 e. The van der Waals surface area contributed by atoms with Gasteiger partial charge in [0.25, 0.3) is 0 Å². The molecule has 2 aromatic heterocycles. The zero-order valence-electron chi connectivity index (χ0n) is 11.4. The third-order valence-electron chi connectivity index (χ3n) is 3.63. The Hall–Kier alpha value is -2.56. The first-order valence-corrected chi connectivity index (χ1v) is 6.37. The number of rotatable bonds is 2. The van der Waals surface area contributed by atoms with Gasteiger partial charge in [-0.05, 0) is 24.6 Å². The van der Waals surface area contributed by atoms with E-state index in [2.05, 4.69) is 4.98 Å². The number of nitrogens with zero attached hydrogens (tertiary/aromatic N) is 3. The highest BCUT2D eigenvalue weighted by Crippen LogP contribution is 2.19. The molecule has 0 saturated heterocycles. The lowest BCUT2D eigenvalue weighted by molar-refractivity contribution is 0.425. The van der Waals surface area contributed by atoms with Crippen LogP contribution in [0.1, 0.15) is 11.3 Å². The van der Waals surface area contributed by atoms with E-state index in [1.807, 2.05) is 30.3 Å². The fourth-order valence-electron chi connectivity index (χ4n) is 2.43. The van der Waals surface area contributed by atoms with Crippen molar-refractivity contribution in [3.63, 3.8) is 0 Å². The van der Waals surface area contributed by atoms with E-state index in [-0.39, 0.29) is 11.6 Å². The molecular formula is C15H15N3O2. The number of hydrogen-bond acceptors (Lipinski definition) is 3. The highest BCUT2D eigenvalue weighted by Gasteiger charge is 2.14. The molecule has 5 nitrogen and oxygen atoms in total. The molecule has 3 rings (SSSR count). The second-order valence-corrected chi connectivity index (χ2v) is 4.82. The number of aromatic nitrogens is 3. The van der Waals surface area contributed by atoms with Crippen molar-refractivity contribution in [1.82, 2.24) is 14.1 Å². The summed E-state index contributed by atoms with van der Waals surface area (Å²) in [6, 6.07) is 9.71. The Balaban J connectivity index is 2.15. The van der Waals surface area contributed by atoms with Crippen LogP contribution >= 0.6 is 0 Å². The molecule has 1 aromatic carbocycles. The van der Waals surface area contributed by atoms with Crippen LogP contribution in [0, 0.1) is 6.92 Å². The van der Waals surface area contributed by atoms with Crippen LogP contribution in [0.4, 0.5) is 0 Å². The van der Waals surface area contributed by atoms with Gasteiger partial charge in [-0.15, -0.1) is 0 Å². The first-order valence-electron chi connectivity index (χ1n) is 6.37. The molecule has 0 fully saturated rings. The Morgan fingerprint density at radius 3 is 2.70 bits per heavy atom. The maximum atomic E-state index is 12.1. The molecule has 0 aliphatic carbocycles. The molecule has 5 heteroatoms. The van der Waals surface area contributed by atoms with Gasteiger partial charge in [0.2, 0.25) is 5.88 Å². The largest absolute Gasteiger partial charge is 0.493 e. The number of benzene rings is 1. The van der Waals surface area contributed by atoms with Crippen LogP contribution in [0.2, 0.25) is 0 Å². The van der Waals surface area contributed by atoms with Gasteiger partial charge >= 0.3 is 5.69 Å². The quantitative estimate of drug-likeness (QED) is 0.771. The normalized spacial score (nSPS) is 11.1. The number of imidazole rings is 1. The van der Waals surface area contributed by atoms with Crippen molar-refractivity contribution in [2.45, 2.75) is 13.5 Å². The van der Waals surface area contributed by atoms with Crippen LogP contribution in [0.3, 0.4) is 0 Å². The Morgan fingerprint density at radius 1 is 1.25 bits per heavy atom. The molecule has 0 spiro atoms. The monoisotopic (exact) mass is 269 g/mol. The van der Waals surface area contributed by atoms with Crippen LogP contribution in [-0.4, -0.2) is 19.2 Å². The average molecular weight is 269 g/mol. The lowest BCUT2D eigenvalue weighted by atomic mass is 10.1. The third-order valence-corrected chi connectivity index (χ3v) is 3.63. The Kier molecular flexibility index (Phi) is 2.82. The standard InChI is InChI=1S/C15H15N3O2/c1-10-14(19)17(2)15(20)18(10)9-11-7-8-16-13-6-4-3-5-12(11)13/h3-8,19H,9H2,1-2H3. The summed E-state index contributed by atoms with van der Waals surface area (Å²) in [5, 5.41) is 10.8. The van der Waals surface area contributed by atoms with Crippen LogP contribution < -0.4 is 5.69 Å². The fourth-order valence-corrected chi connectivity index (χ4v) is 2.43. The molecule has 0 amide bonds. The molecule has 0 saturated carbocycles. The van der Waals surface area contributed by atoms with Gasteiger partial charge in [0.15, 0.2) is 0 Å². The number of aromatic hydroxyl groups is 1. The van der Waals surface area contributed by atoms with Crippen LogP contribution in [-0.2, 0) is 13.6 Å².